The first-order valence-corrected chi connectivity index (χ1v) is 10.6. The van der Waals surface area contributed by atoms with Crippen LogP contribution in [0, 0.1) is 0 Å². The lowest BCUT2D eigenvalue weighted by Crippen LogP contribution is -2.35. The molecule has 0 unspecified atom stereocenters. The number of nitrogens with zero attached hydrogens (tertiary/aromatic N) is 4. The molecule has 0 saturated carbocycles. The van der Waals surface area contributed by atoms with Crippen molar-refractivity contribution >= 4 is 0 Å². The third-order valence-corrected chi connectivity index (χ3v) is 5.70. The molecule has 148 valence electrons. The molecule has 0 radical (unpaired) electrons. The number of hydrogen-bond acceptors (Lipinski definition) is 4. The molecule has 3 aromatic rings. The lowest BCUT2D eigenvalue weighted by Gasteiger charge is -2.32. The van der Waals surface area contributed by atoms with E-state index in [9.17, 15) is 0 Å². The Morgan fingerprint density at radius 1 is 1.18 bits per heavy atom. The van der Waals surface area contributed by atoms with Crippen molar-refractivity contribution in [1.29, 1.82) is 0 Å². The average Bonchev–Trinajstić information content (AvgIpc) is 3.36. The number of likely N-dealkylation sites (tertiary alicyclic amines) is 1. The monoisotopic (exact) mass is 378 g/mol. The Morgan fingerprint density at radius 2 is 2.04 bits per heavy atom. The summed E-state index contributed by atoms with van der Waals surface area (Å²) in [5, 5.41) is 4.22. The maximum atomic E-state index is 5.61. The number of aromatic nitrogens is 3. The summed E-state index contributed by atoms with van der Waals surface area (Å²) in [4.78, 5) is 7.38. The number of rotatable bonds is 7. The van der Waals surface area contributed by atoms with Gasteiger partial charge in [0.25, 0.3) is 0 Å². The molecule has 0 N–H and O–H groups in total. The van der Waals surface area contributed by atoms with Crippen LogP contribution in [0.3, 0.4) is 0 Å². The Kier molecular flexibility index (Phi) is 5.91. The zero-order valence-electron chi connectivity index (χ0n) is 17.0. The van der Waals surface area contributed by atoms with E-state index in [-0.39, 0.29) is 0 Å². The Morgan fingerprint density at radius 3 is 2.82 bits per heavy atom. The van der Waals surface area contributed by atoms with E-state index in [1.807, 2.05) is 6.33 Å². The van der Waals surface area contributed by atoms with Gasteiger partial charge in [-0.15, -0.1) is 0 Å². The summed E-state index contributed by atoms with van der Waals surface area (Å²) in [5.41, 5.74) is 4.67. The molecule has 0 amide bonds. The average molecular weight is 379 g/mol. The highest BCUT2D eigenvalue weighted by Gasteiger charge is 2.27. The molecule has 2 aromatic heterocycles. The molecule has 1 aliphatic heterocycles. The van der Waals surface area contributed by atoms with Crippen molar-refractivity contribution in [3.05, 3.63) is 59.9 Å². The van der Waals surface area contributed by atoms with Gasteiger partial charge in [0.1, 0.15) is 0 Å². The van der Waals surface area contributed by atoms with Crippen molar-refractivity contribution in [2.75, 3.05) is 19.6 Å². The Bertz CT molecular complexity index is 883. The van der Waals surface area contributed by atoms with Crippen LogP contribution >= 0.6 is 0 Å². The van der Waals surface area contributed by atoms with Gasteiger partial charge in [0.05, 0.1) is 30.0 Å². The van der Waals surface area contributed by atoms with Gasteiger partial charge in [0.15, 0.2) is 5.76 Å². The van der Waals surface area contributed by atoms with Crippen molar-refractivity contribution in [1.82, 2.24) is 19.6 Å². The minimum atomic E-state index is 0.490. The number of likely N-dealkylation sites (N-methyl/N-ethyl adjacent to an activating group) is 1. The molecular formula is C23H30N4O. The summed E-state index contributed by atoms with van der Waals surface area (Å²) < 4.78 is 7.89. The SMILES string of the molecule is CCCc1cc(Cn2cnc(-c3ccccc3)c2[C@@H]2CCCN(CC)C2)on1. The predicted molar refractivity (Wildman–Crippen MR) is 111 cm³/mol. The second-order valence-corrected chi connectivity index (χ2v) is 7.74. The van der Waals surface area contributed by atoms with Crippen molar-refractivity contribution in [2.45, 2.75) is 52.0 Å². The van der Waals surface area contributed by atoms with Gasteiger partial charge in [-0.05, 0) is 32.4 Å². The number of hydrogen-bond donors (Lipinski definition) is 0. The number of benzene rings is 1. The molecule has 1 fully saturated rings. The van der Waals surface area contributed by atoms with Gasteiger partial charge in [-0.2, -0.15) is 0 Å². The van der Waals surface area contributed by atoms with E-state index in [4.69, 9.17) is 9.51 Å². The second-order valence-electron chi connectivity index (χ2n) is 7.74. The van der Waals surface area contributed by atoms with Crippen LogP contribution in [-0.4, -0.2) is 39.2 Å². The molecule has 5 nitrogen and oxygen atoms in total. The summed E-state index contributed by atoms with van der Waals surface area (Å²) in [5.74, 6) is 1.40. The quantitative estimate of drug-likeness (QED) is 0.596. The Balaban J connectivity index is 1.68. The van der Waals surface area contributed by atoms with Crippen molar-refractivity contribution in [3.63, 3.8) is 0 Å². The molecule has 0 spiro atoms. The fourth-order valence-corrected chi connectivity index (χ4v) is 4.30. The third kappa shape index (κ3) is 4.04. The standard InChI is InChI=1S/C23H30N4O/c1-3-9-20-14-21(28-25-20)16-27-17-24-22(18-10-6-5-7-11-18)23(27)19-12-8-13-26(4-2)15-19/h5-7,10-11,14,17,19H,3-4,8-9,12-13,15-16H2,1-2H3/t19-/m1/s1. The van der Waals surface area contributed by atoms with Crippen molar-refractivity contribution in [3.8, 4) is 11.3 Å². The van der Waals surface area contributed by atoms with E-state index in [1.165, 1.54) is 30.6 Å². The summed E-state index contributed by atoms with van der Waals surface area (Å²) in [7, 11) is 0. The number of piperidine rings is 1. The van der Waals surface area contributed by atoms with Gasteiger partial charge in [-0.1, -0.05) is 55.8 Å². The van der Waals surface area contributed by atoms with E-state index < -0.39 is 0 Å². The smallest absolute Gasteiger partial charge is 0.156 e. The molecular weight excluding hydrogens is 348 g/mol. The van der Waals surface area contributed by atoms with E-state index in [0.717, 1.165) is 43.1 Å². The fourth-order valence-electron chi connectivity index (χ4n) is 4.30. The van der Waals surface area contributed by atoms with Crippen molar-refractivity contribution in [2.24, 2.45) is 0 Å². The summed E-state index contributed by atoms with van der Waals surface area (Å²) >= 11 is 0. The van der Waals surface area contributed by atoms with Crippen LogP contribution < -0.4 is 0 Å². The lowest BCUT2D eigenvalue weighted by atomic mass is 9.91. The van der Waals surface area contributed by atoms with Gasteiger partial charge in [0, 0.05) is 24.1 Å². The van der Waals surface area contributed by atoms with Crippen LogP contribution in [0.15, 0.2) is 47.2 Å². The zero-order valence-corrected chi connectivity index (χ0v) is 17.0. The topological polar surface area (TPSA) is 47.1 Å². The summed E-state index contributed by atoms with van der Waals surface area (Å²) in [6, 6.07) is 12.6. The van der Waals surface area contributed by atoms with E-state index in [0.29, 0.717) is 12.5 Å². The largest absolute Gasteiger partial charge is 0.359 e. The highest BCUT2D eigenvalue weighted by molar-refractivity contribution is 5.62. The molecule has 0 bridgehead atoms. The summed E-state index contributed by atoms with van der Waals surface area (Å²) in [6.45, 7) is 8.50. The molecule has 1 aliphatic rings. The van der Waals surface area contributed by atoms with Gasteiger partial charge < -0.3 is 14.0 Å². The minimum Gasteiger partial charge on any atom is -0.359 e. The van der Waals surface area contributed by atoms with Gasteiger partial charge in [-0.3, -0.25) is 0 Å². The van der Waals surface area contributed by atoms with Crippen LogP contribution in [0.4, 0.5) is 0 Å². The van der Waals surface area contributed by atoms with Crippen LogP contribution in [0.1, 0.15) is 56.2 Å². The molecule has 5 heteroatoms. The van der Waals surface area contributed by atoms with Crippen LogP contribution in [0.2, 0.25) is 0 Å². The number of aryl methyl sites for hydroxylation is 1. The van der Waals surface area contributed by atoms with Crippen LogP contribution in [0.25, 0.3) is 11.3 Å². The maximum Gasteiger partial charge on any atom is 0.156 e. The molecule has 4 rings (SSSR count). The van der Waals surface area contributed by atoms with Gasteiger partial charge >= 0.3 is 0 Å². The van der Waals surface area contributed by atoms with E-state index >= 15 is 0 Å². The van der Waals surface area contributed by atoms with Gasteiger partial charge in [-0.25, -0.2) is 4.98 Å². The van der Waals surface area contributed by atoms with Crippen molar-refractivity contribution < 1.29 is 4.52 Å². The van der Waals surface area contributed by atoms with E-state index in [1.54, 1.807) is 0 Å². The molecule has 3 heterocycles. The highest BCUT2D eigenvalue weighted by Crippen LogP contribution is 2.34. The molecule has 28 heavy (non-hydrogen) atoms. The zero-order chi connectivity index (χ0) is 19.3. The first-order chi connectivity index (χ1) is 13.8. The Hall–Kier alpha value is -2.40. The van der Waals surface area contributed by atoms with Gasteiger partial charge in [0.2, 0.25) is 0 Å². The van der Waals surface area contributed by atoms with E-state index in [2.05, 4.69) is 64.9 Å². The summed E-state index contributed by atoms with van der Waals surface area (Å²) in [6.07, 6.45) is 6.46. The molecule has 1 saturated heterocycles. The van der Waals surface area contributed by atoms with Crippen LogP contribution in [0.5, 0.6) is 0 Å². The fraction of sp³-hybridized carbons (Fsp3) is 0.478. The minimum absolute atomic E-state index is 0.490. The normalized spacial score (nSPS) is 17.9. The third-order valence-electron chi connectivity index (χ3n) is 5.70. The van der Waals surface area contributed by atoms with Crippen LogP contribution in [-0.2, 0) is 13.0 Å². The maximum absolute atomic E-state index is 5.61. The first-order valence-electron chi connectivity index (χ1n) is 10.6. The molecule has 0 aliphatic carbocycles. The number of imidazole rings is 1. The molecule has 1 aromatic carbocycles. The molecule has 1 atom stereocenters. The Labute approximate surface area is 167 Å². The lowest BCUT2D eigenvalue weighted by molar-refractivity contribution is 0.214. The predicted octanol–water partition coefficient (Wildman–Crippen LogP) is 4.74. The highest BCUT2D eigenvalue weighted by atomic mass is 16.5. The first kappa shape index (κ1) is 18.9. The second kappa shape index (κ2) is 8.74.